The third-order valence-electron chi connectivity index (χ3n) is 3.59. The minimum Gasteiger partial charge on any atom is -0.497 e. The number of methoxy groups -OCH3 is 2. The number of esters is 1. The van der Waals surface area contributed by atoms with Crippen LogP contribution in [0.15, 0.2) is 35.1 Å². The number of hydrogen-bond acceptors (Lipinski definition) is 8. The molecule has 3 aromatic rings. The highest BCUT2D eigenvalue weighted by Gasteiger charge is 2.09. The Morgan fingerprint density at radius 3 is 2.81 bits per heavy atom. The number of rotatable bonds is 6. The molecule has 0 spiro atoms. The van der Waals surface area contributed by atoms with Gasteiger partial charge >= 0.3 is 5.97 Å². The SMILES string of the molecule is COc1ccc(/C=C/C(=O)OCc2nn3c(=O)cc(C)nc3s2)c(OC)c1. The summed E-state index contributed by atoms with van der Waals surface area (Å²) in [5.74, 6) is 0.690. The largest absolute Gasteiger partial charge is 0.497 e. The van der Waals surface area contributed by atoms with Gasteiger partial charge in [-0.05, 0) is 25.1 Å². The van der Waals surface area contributed by atoms with Crippen LogP contribution in [-0.4, -0.2) is 34.8 Å². The van der Waals surface area contributed by atoms with Crippen LogP contribution in [0.1, 0.15) is 16.3 Å². The molecule has 140 valence electrons. The molecule has 8 nitrogen and oxygen atoms in total. The van der Waals surface area contributed by atoms with Crippen LogP contribution in [0.4, 0.5) is 0 Å². The number of aromatic nitrogens is 3. The van der Waals surface area contributed by atoms with Crippen molar-refractivity contribution in [2.45, 2.75) is 13.5 Å². The lowest BCUT2D eigenvalue weighted by molar-refractivity contribution is -0.138. The first-order chi connectivity index (χ1) is 13.0. The summed E-state index contributed by atoms with van der Waals surface area (Å²) in [7, 11) is 3.10. The molecule has 0 aliphatic heterocycles. The summed E-state index contributed by atoms with van der Waals surface area (Å²) in [5, 5.41) is 4.60. The molecule has 9 heteroatoms. The van der Waals surface area contributed by atoms with Crippen molar-refractivity contribution in [3.05, 3.63) is 57.0 Å². The Bertz CT molecular complexity index is 1070. The number of fused-ring (bicyclic) bond motifs is 1. The number of carbonyl (C=O) groups is 1. The number of nitrogens with zero attached hydrogens (tertiary/aromatic N) is 3. The fourth-order valence-corrected chi connectivity index (χ4v) is 3.17. The van der Waals surface area contributed by atoms with Gasteiger partial charge in [0.1, 0.15) is 18.1 Å². The minimum absolute atomic E-state index is 0.0462. The van der Waals surface area contributed by atoms with Gasteiger partial charge in [0.05, 0.1) is 14.2 Å². The number of hydrogen-bond donors (Lipinski definition) is 0. The van der Waals surface area contributed by atoms with Crippen LogP contribution in [0.2, 0.25) is 0 Å². The van der Waals surface area contributed by atoms with Gasteiger partial charge in [0.2, 0.25) is 4.96 Å². The molecule has 0 saturated carbocycles. The highest BCUT2D eigenvalue weighted by Crippen LogP contribution is 2.25. The molecule has 0 bridgehead atoms. The van der Waals surface area contributed by atoms with Crippen LogP contribution in [0.3, 0.4) is 0 Å². The lowest BCUT2D eigenvalue weighted by Crippen LogP contribution is -2.14. The fraction of sp³-hybridized carbons (Fsp3) is 0.222. The summed E-state index contributed by atoms with van der Waals surface area (Å²) in [5.41, 5.74) is 1.06. The average molecular weight is 387 g/mol. The molecule has 0 aliphatic rings. The lowest BCUT2D eigenvalue weighted by Gasteiger charge is -2.07. The maximum atomic E-state index is 12.0. The third kappa shape index (κ3) is 4.32. The Labute approximate surface area is 158 Å². The molecule has 3 rings (SSSR count). The summed E-state index contributed by atoms with van der Waals surface area (Å²) in [6.07, 6.45) is 2.89. The lowest BCUT2D eigenvalue weighted by atomic mass is 10.2. The Hall–Kier alpha value is -3.20. The summed E-state index contributed by atoms with van der Waals surface area (Å²) >= 11 is 1.20. The van der Waals surface area contributed by atoms with E-state index < -0.39 is 5.97 Å². The molecule has 2 heterocycles. The maximum Gasteiger partial charge on any atom is 0.331 e. The van der Waals surface area contributed by atoms with E-state index in [2.05, 4.69) is 10.1 Å². The number of ether oxygens (including phenoxy) is 3. The van der Waals surface area contributed by atoms with Gasteiger partial charge in [-0.2, -0.15) is 9.61 Å². The molecular formula is C18H17N3O5S. The predicted octanol–water partition coefficient (Wildman–Crippen LogP) is 2.23. The van der Waals surface area contributed by atoms with Crippen molar-refractivity contribution in [2.75, 3.05) is 14.2 Å². The first-order valence-electron chi connectivity index (χ1n) is 7.93. The smallest absolute Gasteiger partial charge is 0.331 e. The highest BCUT2D eigenvalue weighted by atomic mass is 32.1. The van der Waals surface area contributed by atoms with E-state index in [-0.39, 0.29) is 12.2 Å². The zero-order valence-electron chi connectivity index (χ0n) is 15.0. The molecule has 1 aromatic carbocycles. The highest BCUT2D eigenvalue weighted by molar-refractivity contribution is 7.16. The van der Waals surface area contributed by atoms with E-state index in [4.69, 9.17) is 14.2 Å². The van der Waals surface area contributed by atoms with Gasteiger partial charge in [0, 0.05) is 29.5 Å². The zero-order valence-corrected chi connectivity index (χ0v) is 15.8. The van der Waals surface area contributed by atoms with Crippen molar-refractivity contribution in [1.82, 2.24) is 14.6 Å². The molecule has 0 unspecified atom stereocenters. The normalized spacial score (nSPS) is 11.1. The van der Waals surface area contributed by atoms with Gasteiger partial charge in [-0.3, -0.25) is 4.79 Å². The zero-order chi connectivity index (χ0) is 19.4. The second-order valence-electron chi connectivity index (χ2n) is 5.47. The summed E-state index contributed by atoms with van der Waals surface area (Å²) in [6.45, 7) is 1.69. The van der Waals surface area contributed by atoms with Crippen LogP contribution in [0, 0.1) is 6.92 Å². The van der Waals surface area contributed by atoms with Crippen LogP contribution < -0.4 is 15.0 Å². The minimum atomic E-state index is -0.538. The quantitative estimate of drug-likeness (QED) is 0.473. The van der Waals surface area contributed by atoms with Gasteiger partial charge in [0.15, 0.2) is 5.01 Å². The van der Waals surface area contributed by atoms with Crippen molar-refractivity contribution in [3.8, 4) is 11.5 Å². The van der Waals surface area contributed by atoms with Crippen molar-refractivity contribution >= 4 is 28.3 Å². The molecule has 0 aliphatic carbocycles. The van der Waals surface area contributed by atoms with Gasteiger partial charge in [0.25, 0.3) is 5.56 Å². The van der Waals surface area contributed by atoms with E-state index in [1.54, 1.807) is 38.3 Å². The molecule has 27 heavy (non-hydrogen) atoms. The van der Waals surface area contributed by atoms with Crippen LogP contribution in [-0.2, 0) is 16.1 Å². The van der Waals surface area contributed by atoms with E-state index >= 15 is 0 Å². The van der Waals surface area contributed by atoms with Crippen LogP contribution in [0.5, 0.6) is 11.5 Å². The Kier molecular flexibility index (Phi) is 5.51. The Morgan fingerprint density at radius 2 is 2.07 bits per heavy atom. The second kappa shape index (κ2) is 8.00. The number of carbonyl (C=O) groups excluding carboxylic acids is 1. The molecule has 0 amide bonds. The molecule has 0 atom stereocenters. The van der Waals surface area contributed by atoms with Crippen LogP contribution in [0.25, 0.3) is 11.0 Å². The standard InChI is InChI=1S/C18H17N3O5S/c1-11-8-16(22)21-18(19-11)27-15(20-21)10-26-17(23)7-5-12-4-6-13(24-2)9-14(12)25-3/h4-9H,10H2,1-3H3/b7-5+. The van der Waals surface area contributed by atoms with Gasteiger partial charge in [-0.1, -0.05) is 11.3 Å². The van der Waals surface area contributed by atoms with Gasteiger partial charge in [-0.25, -0.2) is 9.78 Å². The Balaban J connectivity index is 1.67. The van der Waals surface area contributed by atoms with Crippen molar-refractivity contribution in [1.29, 1.82) is 0 Å². The summed E-state index contributed by atoms with van der Waals surface area (Å²) < 4.78 is 16.8. The maximum absolute atomic E-state index is 12.0. The van der Waals surface area contributed by atoms with Crippen molar-refractivity contribution in [3.63, 3.8) is 0 Å². The fourth-order valence-electron chi connectivity index (χ4n) is 2.31. The van der Waals surface area contributed by atoms with E-state index in [1.807, 2.05) is 0 Å². The molecule has 0 fully saturated rings. The first-order valence-corrected chi connectivity index (χ1v) is 8.75. The van der Waals surface area contributed by atoms with E-state index in [9.17, 15) is 9.59 Å². The molecule has 0 radical (unpaired) electrons. The third-order valence-corrected chi connectivity index (χ3v) is 4.47. The summed E-state index contributed by atoms with van der Waals surface area (Å²) in [4.78, 5) is 28.5. The number of benzene rings is 1. The number of aryl methyl sites for hydroxylation is 1. The van der Waals surface area contributed by atoms with E-state index in [0.29, 0.717) is 32.7 Å². The first kappa shape index (κ1) is 18.6. The monoisotopic (exact) mass is 387 g/mol. The molecule has 0 saturated heterocycles. The topological polar surface area (TPSA) is 92.0 Å². The van der Waals surface area contributed by atoms with Crippen molar-refractivity contribution < 1.29 is 19.0 Å². The molecule has 2 aromatic heterocycles. The summed E-state index contributed by atoms with van der Waals surface area (Å²) in [6, 6.07) is 6.66. The van der Waals surface area contributed by atoms with E-state index in [0.717, 1.165) is 0 Å². The van der Waals surface area contributed by atoms with E-state index in [1.165, 1.54) is 35.1 Å². The second-order valence-corrected chi connectivity index (χ2v) is 6.52. The van der Waals surface area contributed by atoms with Crippen molar-refractivity contribution in [2.24, 2.45) is 0 Å². The molecular weight excluding hydrogens is 370 g/mol. The average Bonchev–Trinajstić information content (AvgIpc) is 3.07. The Morgan fingerprint density at radius 1 is 1.26 bits per heavy atom. The predicted molar refractivity (Wildman–Crippen MR) is 100 cm³/mol. The van der Waals surface area contributed by atoms with Gasteiger partial charge in [-0.15, -0.1) is 0 Å². The van der Waals surface area contributed by atoms with Gasteiger partial charge < -0.3 is 14.2 Å². The molecule has 0 N–H and O–H groups in total. The van der Waals surface area contributed by atoms with Crippen LogP contribution >= 0.6 is 11.3 Å².